The maximum Gasteiger partial charge on any atom is 0.112 e. The van der Waals surface area contributed by atoms with Crippen molar-refractivity contribution in [2.45, 2.75) is 11.4 Å². The molecule has 2 atom stereocenters. The predicted octanol–water partition coefficient (Wildman–Crippen LogP) is 0.697. The van der Waals surface area contributed by atoms with Crippen LogP contribution in [0.3, 0.4) is 0 Å². The third-order valence-corrected chi connectivity index (χ3v) is 4.97. The smallest absolute Gasteiger partial charge is 0.112 e. The van der Waals surface area contributed by atoms with E-state index in [1.54, 1.807) is 10.9 Å². The third-order valence-electron chi connectivity index (χ3n) is 2.12. The number of aryl methyl sites for hydroxylation is 1. The van der Waals surface area contributed by atoms with E-state index in [9.17, 15) is 5.11 Å². The lowest BCUT2D eigenvalue weighted by molar-refractivity contribution is 0.175. The highest BCUT2D eigenvalue weighted by Crippen LogP contribution is 2.32. The number of rotatable bonds is 2. The minimum absolute atomic E-state index is 0.269. The van der Waals surface area contributed by atoms with Crippen LogP contribution in [0.25, 0.3) is 0 Å². The Kier molecular flexibility index (Phi) is 3.35. The fourth-order valence-electron chi connectivity index (χ4n) is 1.38. The molecule has 0 saturated carbocycles. The zero-order valence-electron chi connectivity index (χ0n) is 7.96. The monoisotopic (exact) mass is 231 g/mol. The molecule has 78 valence electrons. The van der Waals surface area contributed by atoms with Crippen LogP contribution in [-0.2, 0) is 7.05 Å². The van der Waals surface area contributed by atoms with Gasteiger partial charge in [0.2, 0.25) is 0 Å². The minimum Gasteiger partial charge on any atom is -0.385 e. The van der Waals surface area contributed by atoms with Gasteiger partial charge >= 0.3 is 0 Å². The largest absolute Gasteiger partial charge is 0.385 e. The Hall–Kier alpha value is -0.200. The van der Waals surface area contributed by atoms with Crippen molar-refractivity contribution in [3.8, 4) is 0 Å². The number of thioether (sulfide) groups is 2. The zero-order valence-corrected chi connectivity index (χ0v) is 9.59. The van der Waals surface area contributed by atoms with Crippen molar-refractivity contribution in [1.29, 1.82) is 0 Å². The average Bonchev–Trinajstić information content (AvgIpc) is 2.65. The van der Waals surface area contributed by atoms with E-state index in [2.05, 4.69) is 10.3 Å². The number of aliphatic hydroxyl groups excluding tert-OH is 1. The van der Waals surface area contributed by atoms with E-state index in [0.29, 0.717) is 5.69 Å². The Labute approximate surface area is 91.5 Å². The molecular weight excluding hydrogens is 218 g/mol. The molecule has 1 aromatic rings. The summed E-state index contributed by atoms with van der Waals surface area (Å²) in [6.07, 6.45) is 1.31. The van der Waals surface area contributed by atoms with E-state index in [4.69, 9.17) is 0 Å². The summed E-state index contributed by atoms with van der Waals surface area (Å²) in [4.78, 5) is 0. The summed E-state index contributed by atoms with van der Waals surface area (Å²) in [5, 5.41) is 18.0. The first-order chi connectivity index (χ1) is 6.77. The maximum absolute atomic E-state index is 10.0. The molecule has 1 N–H and O–H groups in total. The van der Waals surface area contributed by atoms with Crippen molar-refractivity contribution in [1.82, 2.24) is 15.0 Å². The normalized spacial score (nSPS) is 24.9. The number of hydrogen-bond acceptors (Lipinski definition) is 5. The highest BCUT2D eigenvalue weighted by atomic mass is 32.2. The van der Waals surface area contributed by atoms with Gasteiger partial charge in [0.05, 0.1) is 6.20 Å². The molecule has 0 spiro atoms. The number of aromatic nitrogens is 3. The van der Waals surface area contributed by atoms with Crippen LogP contribution in [0.1, 0.15) is 11.8 Å². The van der Waals surface area contributed by atoms with Gasteiger partial charge in [-0.2, -0.15) is 23.5 Å². The quantitative estimate of drug-likeness (QED) is 0.812. The summed E-state index contributed by atoms with van der Waals surface area (Å²) in [7, 11) is 1.81. The first-order valence-corrected chi connectivity index (χ1v) is 6.71. The van der Waals surface area contributed by atoms with E-state index in [1.165, 1.54) is 5.75 Å². The van der Waals surface area contributed by atoms with E-state index in [-0.39, 0.29) is 5.25 Å². The Morgan fingerprint density at radius 1 is 1.64 bits per heavy atom. The SMILES string of the molecule is Cn1cc(C(O)C2CSCCS2)nn1. The summed E-state index contributed by atoms with van der Waals surface area (Å²) in [5.74, 6) is 3.31. The van der Waals surface area contributed by atoms with Crippen LogP contribution < -0.4 is 0 Å². The van der Waals surface area contributed by atoms with E-state index in [1.807, 2.05) is 30.6 Å². The van der Waals surface area contributed by atoms with Crippen molar-refractivity contribution >= 4 is 23.5 Å². The molecule has 1 saturated heterocycles. The van der Waals surface area contributed by atoms with Crippen molar-refractivity contribution < 1.29 is 5.11 Å². The fraction of sp³-hybridized carbons (Fsp3) is 0.750. The first kappa shape index (κ1) is 10.3. The molecule has 14 heavy (non-hydrogen) atoms. The van der Waals surface area contributed by atoms with Gasteiger partial charge in [-0.25, -0.2) is 0 Å². The second-order valence-corrected chi connectivity index (χ2v) is 5.74. The maximum atomic E-state index is 10.0. The Morgan fingerprint density at radius 3 is 3.07 bits per heavy atom. The third kappa shape index (κ3) is 2.24. The molecule has 2 unspecified atom stereocenters. The van der Waals surface area contributed by atoms with E-state index in [0.717, 1.165) is 11.5 Å². The van der Waals surface area contributed by atoms with Gasteiger partial charge in [0.1, 0.15) is 11.8 Å². The molecule has 0 aromatic carbocycles. The number of aliphatic hydroxyl groups is 1. The topological polar surface area (TPSA) is 50.9 Å². The van der Waals surface area contributed by atoms with Gasteiger partial charge in [-0.15, -0.1) is 5.10 Å². The molecule has 4 nitrogen and oxygen atoms in total. The first-order valence-electron chi connectivity index (χ1n) is 4.51. The van der Waals surface area contributed by atoms with E-state index >= 15 is 0 Å². The molecule has 1 fully saturated rings. The van der Waals surface area contributed by atoms with Gasteiger partial charge in [-0.1, -0.05) is 5.21 Å². The van der Waals surface area contributed by atoms with Crippen molar-refractivity contribution in [3.63, 3.8) is 0 Å². The fourth-order valence-corrected chi connectivity index (χ4v) is 4.12. The minimum atomic E-state index is -0.471. The molecule has 1 aromatic heterocycles. The van der Waals surface area contributed by atoms with Crippen molar-refractivity contribution in [2.75, 3.05) is 17.3 Å². The molecule has 1 aliphatic rings. The van der Waals surface area contributed by atoms with Gasteiger partial charge in [0.25, 0.3) is 0 Å². The van der Waals surface area contributed by atoms with E-state index < -0.39 is 6.10 Å². The zero-order chi connectivity index (χ0) is 9.97. The van der Waals surface area contributed by atoms with Crippen molar-refractivity contribution in [2.24, 2.45) is 7.05 Å². The van der Waals surface area contributed by atoms with Crippen LogP contribution in [0.2, 0.25) is 0 Å². The molecule has 0 amide bonds. The lowest BCUT2D eigenvalue weighted by Gasteiger charge is -2.24. The summed E-state index contributed by atoms with van der Waals surface area (Å²) in [5.41, 5.74) is 0.688. The molecule has 1 aliphatic heterocycles. The van der Waals surface area contributed by atoms with Gasteiger partial charge in [0.15, 0.2) is 0 Å². The average molecular weight is 231 g/mol. The van der Waals surface area contributed by atoms with Crippen LogP contribution in [0.5, 0.6) is 0 Å². The second-order valence-electron chi connectivity index (χ2n) is 3.25. The summed E-state index contributed by atoms with van der Waals surface area (Å²) in [6, 6.07) is 0. The molecule has 0 bridgehead atoms. The Morgan fingerprint density at radius 2 is 2.50 bits per heavy atom. The van der Waals surface area contributed by atoms with Crippen LogP contribution >= 0.6 is 23.5 Å². The summed E-state index contributed by atoms with van der Waals surface area (Å²) < 4.78 is 1.62. The van der Waals surface area contributed by atoms with Crippen LogP contribution in [0, 0.1) is 0 Å². The van der Waals surface area contributed by atoms with Gasteiger partial charge in [-0.05, 0) is 0 Å². The Balaban J connectivity index is 2.03. The standard InChI is InChI=1S/C8H13N3OS2/c1-11-4-6(9-10-11)8(12)7-5-13-2-3-14-7/h4,7-8,12H,2-3,5H2,1H3. The van der Waals surface area contributed by atoms with Crippen LogP contribution in [-0.4, -0.2) is 42.6 Å². The summed E-state index contributed by atoms with van der Waals surface area (Å²) in [6.45, 7) is 0. The Bertz CT molecular complexity index is 299. The lowest BCUT2D eigenvalue weighted by Crippen LogP contribution is -2.22. The van der Waals surface area contributed by atoms with Gasteiger partial charge in [-0.3, -0.25) is 4.68 Å². The molecule has 0 aliphatic carbocycles. The van der Waals surface area contributed by atoms with Crippen LogP contribution in [0.4, 0.5) is 0 Å². The summed E-state index contributed by atoms with van der Waals surface area (Å²) >= 11 is 3.72. The predicted molar refractivity (Wildman–Crippen MR) is 59.5 cm³/mol. The highest BCUT2D eigenvalue weighted by Gasteiger charge is 2.25. The molecule has 2 heterocycles. The number of nitrogens with zero attached hydrogens (tertiary/aromatic N) is 3. The second kappa shape index (κ2) is 4.55. The number of hydrogen-bond donors (Lipinski definition) is 1. The molecular formula is C8H13N3OS2. The van der Waals surface area contributed by atoms with Crippen LogP contribution in [0.15, 0.2) is 6.20 Å². The van der Waals surface area contributed by atoms with Gasteiger partial charge < -0.3 is 5.11 Å². The highest BCUT2D eigenvalue weighted by molar-refractivity contribution is 8.06. The molecule has 6 heteroatoms. The van der Waals surface area contributed by atoms with Crippen molar-refractivity contribution in [3.05, 3.63) is 11.9 Å². The van der Waals surface area contributed by atoms with Gasteiger partial charge in [0, 0.05) is 29.6 Å². The molecule has 0 radical (unpaired) electrons. The lowest BCUT2D eigenvalue weighted by atomic mass is 10.2. The molecule has 2 rings (SSSR count).